The van der Waals surface area contributed by atoms with E-state index >= 15 is 0 Å². The van der Waals surface area contributed by atoms with Crippen molar-refractivity contribution in [1.82, 2.24) is 0 Å². The Labute approximate surface area is 164 Å². The van der Waals surface area contributed by atoms with Gasteiger partial charge in [-0.2, -0.15) is 0 Å². The topological polar surface area (TPSA) is 141 Å². The number of benzene rings is 2. The molecule has 4 rings (SSSR count). The predicted molar refractivity (Wildman–Crippen MR) is 102 cm³/mol. The minimum atomic E-state index is -2.73. The third-order valence-electron chi connectivity index (χ3n) is 5.16. The molecule has 5 atom stereocenters. The molecule has 8 nitrogen and oxygen atoms in total. The fraction of sp³-hybridized carbons (Fsp3) is 0.286. The first-order valence-electron chi connectivity index (χ1n) is 9.05. The van der Waals surface area contributed by atoms with Gasteiger partial charge in [0.25, 0.3) is 0 Å². The van der Waals surface area contributed by atoms with Crippen LogP contribution in [-0.4, -0.2) is 56.6 Å². The summed E-state index contributed by atoms with van der Waals surface area (Å²) in [6.45, 7) is -0.757. The van der Waals surface area contributed by atoms with Crippen LogP contribution in [0.4, 0.5) is 0 Å². The molecule has 1 saturated heterocycles. The summed E-state index contributed by atoms with van der Waals surface area (Å²) in [6, 6.07) is 14.8. The fourth-order valence-electron chi connectivity index (χ4n) is 3.62. The lowest BCUT2D eigenvalue weighted by atomic mass is 9.86. The summed E-state index contributed by atoms with van der Waals surface area (Å²) in [4.78, 5) is 13.3. The summed E-state index contributed by atoms with van der Waals surface area (Å²) in [6.07, 6.45) is -7.05. The normalized spacial score (nSPS) is 29.8. The van der Waals surface area contributed by atoms with E-state index in [2.05, 4.69) is 0 Å². The van der Waals surface area contributed by atoms with Gasteiger partial charge in [-0.25, -0.2) is 0 Å². The standard InChI is InChI=1S/C21H20O8/c22-10-14-17(24)18(25)20(26)21(27,29-14)15-16(23)12-8-4-5-9-13(12)28-19(15)11-6-2-1-3-7-11/h1-9,14,17-18,20,22,24-27H,10H2/t14-,17-,18+,20-,21?/m1/s1. The molecule has 3 aromatic rings. The van der Waals surface area contributed by atoms with Gasteiger partial charge >= 0.3 is 0 Å². The van der Waals surface area contributed by atoms with Crippen LogP contribution in [-0.2, 0) is 10.5 Å². The molecule has 1 fully saturated rings. The molecule has 5 N–H and O–H groups in total. The molecule has 2 aromatic carbocycles. The Morgan fingerprint density at radius 3 is 2.28 bits per heavy atom. The smallest absolute Gasteiger partial charge is 0.230 e. The van der Waals surface area contributed by atoms with E-state index in [-0.39, 0.29) is 16.7 Å². The van der Waals surface area contributed by atoms with E-state index in [1.54, 1.807) is 48.5 Å². The van der Waals surface area contributed by atoms with Gasteiger partial charge in [-0.1, -0.05) is 42.5 Å². The number of fused-ring (bicyclic) bond motifs is 1. The summed E-state index contributed by atoms with van der Waals surface area (Å²) in [5.41, 5.74) is -0.420. The van der Waals surface area contributed by atoms with Gasteiger partial charge in [-0.3, -0.25) is 4.79 Å². The zero-order valence-corrected chi connectivity index (χ0v) is 15.2. The molecule has 1 aliphatic rings. The Hall–Kier alpha value is -2.59. The van der Waals surface area contributed by atoms with E-state index in [0.29, 0.717) is 5.56 Å². The van der Waals surface area contributed by atoms with Crippen LogP contribution in [0.25, 0.3) is 22.3 Å². The highest BCUT2D eigenvalue weighted by Crippen LogP contribution is 2.40. The Bertz CT molecular complexity index is 1080. The second-order valence-corrected chi connectivity index (χ2v) is 6.96. The molecule has 0 aliphatic carbocycles. The minimum absolute atomic E-state index is 0.0591. The first-order chi connectivity index (χ1) is 13.9. The average molecular weight is 400 g/mol. The molecular weight excluding hydrogens is 380 g/mol. The molecule has 29 heavy (non-hydrogen) atoms. The van der Waals surface area contributed by atoms with Crippen molar-refractivity contribution >= 4 is 11.0 Å². The third kappa shape index (κ3) is 3.06. The highest BCUT2D eigenvalue weighted by atomic mass is 16.7. The van der Waals surface area contributed by atoms with Crippen molar-refractivity contribution in [2.24, 2.45) is 0 Å². The number of hydrogen-bond acceptors (Lipinski definition) is 8. The van der Waals surface area contributed by atoms with Crippen LogP contribution >= 0.6 is 0 Å². The van der Waals surface area contributed by atoms with Crippen molar-refractivity contribution < 1.29 is 34.7 Å². The molecule has 0 spiro atoms. The van der Waals surface area contributed by atoms with Gasteiger partial charge in [0.05, 0.1) is 12.0 Å². The Morgan fingerprint density at radius 2 is 1.59 bits per heavy atom. The first-order valence-corrected chi connectivity index (χ1v) is 9.05. The fourth-order valence-corrected chi connectivity index (χ4v) is 3.62. The summed E-state index contributed by atoms with van der Waals surface area (Å²) in [7, 11) is 0. The van der Waals surface area contributed by atoms with Gasteiger partial charge in [0, 0.05) is 5.56 Å². The number of para-hydroxylation sites is 1. The Balaban J connectivity index is 2.04. The van der Waals surface area contributed by atoms with Crippen LogP contribution in [0.3, 0.4) is 0 Å². The van der Waals surface area contributed by atoms with Crippen molar-refractivity contribution in [3.63, 3.8) is 0 Å². The molecule has 0 saturated carbocycles. The number of hydrogen-bond donors (Lipinski definition) is 5. The molecule has 1 unspecified atom stereocenters. The Kier molecular flexibility index (Phi) is 4.99. The van der Waals surface area contributed by atoms with Crippen molar-refractivity contribution in [2.75, 3.05) is 6.61 Å². The minimum Gasteiger partial charge on any atom is -0.455 e. The SMILES string of the molecule is O=c1c(C2(O)O[C@H](CO)[C@@H](O)[C@H](O)[C@H]2O)c(-c2ccccc2)oc2ccccc12. The van der Waals surface area contributed by atoms with Gasteiger partial charge in [0.1, 0.15) is 41.3 Å². The molecular formula is C21H20O8. The number of aliphatic hydroxyl groups excluding tert-OH is 4. The quantitative estimate of drug-likeness (QED) is 0.416. The first kappa shape index (κ1) is 19.7. The predicted octanol–water partition coefficient (Wildman–Crippen LogP) is 0.0789. The summed E-state index contributed by atoms with van der Waals surface area (Å²) >= 11 is 0. The number of ether oxygens (including phenoxy) is 1. The third-order valence-corrected chi connectivity index (χ3v) is 5.16. The zero-order valence-electron chi connectivity index (χ0n) is 15.2. The van der Waals surface area contributed by atoms with Gasteiger partial charge in [-0.15, -0.1) is 0 Å². The molecule has 1 aliphatic heterocycles. The number of aliphatic hydroxyl groups is 5. The van der Waals surface area contributed by atoms with Crippen LogP contribution in [0, 0.1) is 0 Å². The van der Waals surface area contributed by atoms with Crippen LogP contribution in [0.15, 0.2) is 63.8 Å². The van der Waals surface area contributed by atoms with Crippen molar-refractivity contribution in [3.05, 3.63) is 70.4 Å². The second-order valence-electron chi connectivity index (χ2n) is 6.96. The molecule has 8 heteroatoms. The van der Waals surface area contributed by atoms with E-state index in [0.717, 1.165) is 0 Å². The van der Waals surface area contributed by atoms with E-state index in [1.165, 1.54) is 6.07 Å². The summed E-state index contributed by atoms with van der Waals surface area (Å²) < 4.78 is 11.3. The lowest BCUT2D eigenvalue weighted by Gasteiger charge is -2.45. The maximum Gasteiger partial charge on any atom is 0.230 e. The highest BCUT2D eigenvalue weighted by Gasteiger charge is 2.56. The summed E-state index contributed by atoms with van der Waals surface area (Å²) in [5.74, 6) is -2.79. The van der Waals surface area contributed by atoms with E-state index in [4.69, 9.17) is 9.15 Å². The molecule has 2 heterocycles. The van der Waals surface area contributed by atoms with Gasteiger partial charge in [0.15, 0.2) is 0 Å². The van der Waals surface area contributed by atoms with Gasteiger partial charge in [0.2, 0.25) is 11.2 Å². The number of rotatable bonds is 3. The lowest BCUT2D eigenvalue weighted by Crippen LogP contribution is -2.64. The van der Waals surface area contributed by atoms with Gasteiger partial charge in [-0.05, 0) is 12.1 Å². The van der Waals surface area contributed by atoms with E-state index in [1.807, 2.05) is 0 Å². The van der Waals surface area contributed by atoms with Crippen LogP contribution < -0.4 is 5.43 Å². The Morgan fingerprint density at radius 1 is 0.931 bits per heavy atom. The maximum atomic E-state index is 13.3. The average Bonchev–Trinajstić information content (AvgIpc) is 2.75. The molecule has 152 valence electrons. The molecule has 1 aromatic heterocycles. The van der Waals surface area contributed by atoms with Crippen LogP contribution in [0.1, 0.15) is 5.56 Å². The lowest BCUT2D eigenvalue weighted by molar-refractivity contribution is -0.358. The maximum absolute atomic E-state index is 13.3. The molecule has 0 radical (unpaired) electrons. The van der Waals surface area contributed by atoms with Crippen molar-refractivity contribution in [2.45, 2.75) is 30.2 Å². The van der Waals surface area contributed by atoms with Crippen molar-refractivity contribution in [1.29, 1.82) is 0 Å². The largest absolute Gasteiger partial charge is 0.455 e. The van der Waals surface area contributed by atoms with Gasteiger partial charge < -0.3 is 34.7 Å². The molecule has 0 amide bonds. The molecule has 0 bridgehead atoms. The van der Waals surface area contributed by atoms with E-state index in [9.17, 15) is 30.3 Å². The second kappa shape index (κ2) is 7.34. The monoisotopic (exact) mass is 400 g/mol. The summed E-state index contributed by atoms with van der Waals surface area (Å²) in [5, 5.41) is 51.7. The van der Waals surface area contributed by atoms with Crippen molar-refractivity contribution in [3.8, 4) is 11.3 Å². The van der Waals surface area contributed by atoms with Crippen LogP contribution in [0.2, 0.25) is 0 Å². The zero-order chi connectivity index (χ0) is 20.8. The van der Waals surface area contributed by atoms with Crippen LogP contribution in [0.5, 0.6) is 0 Å². The van der Waals surface area contributed by atoms with E-state index < -0.39 is 47.8 Å². The highest BCUT2D eigenvalue weighted by molar-refractivity contribution is 5.80.